The third-order valence-corrected chi connectivity index (χ3v) is 21.6. The molecule has 0 aromatic heterocycles. The summed E-state index contributed by atoms with van der Waals surface area (Å²) in [5.41, 5.74) is -3.43. The van der Waals surface area contributed by atoms with Crippen LogP contribution in [0.15, 0.2) is 249 Å². The number of halogens is 8. The van der Waals surface area contributed by atoms with Gasteiger partial charge in [0.1, 0.15) is 0 Å². The van der Waals surface area contributed by atoms with E-state index in [-0.39, 0.29) is 49.4 Å². The van der Waals surface area contributed by atoms with Crippen molar-refractivity contribution in [1.29, 1.82) is 0 Å². The van der Waals surface area contributed by atoms with E-state index in [9.17, 15) is 26.3 Å². The van der Waals surface area contributed by atoms with Gasteiger partial charge in [-0.1, -0.05) is 0 Å². The summed E-state index contributed by atoms with van der Waals surface area (Å²) >= 11 is 0. The van der Waals surface area contributed by atoms with Gasteiger partial charge in [0.25, 0.3) is 0 Å². The zero-order valence-electron chi connectivity index (χ0n) is 37.7. The summed E-state index contributed by atoms with van der Waals surface area (Å²) in [7, 11) is -14.0. The topological polar surface area (TPSA) is 46.2 Å². The molecule has 0 heterocycles. The molecule has 5 nitrogen and oxygen atoms in total. The predicted molar refractivity (Wildman–Crippen MR) is 269 cm³/mol. The van der Waals surface area contributed by atoms with Crippen LogP contribution in [0.5, 0.6) is 17.2 Å². The first-order chi connectivity index (χ1) is 34.6. The van der Waals surface area contributed by atoms with Gasteiger partial charge in [0, 0.05) is 0 Å². The Kier molecular flexibility index (Phi) is 13.6. The third-order valence-electron chi connectivity index (χ3n) is 11.9. The van der Waals surface area contributed by atoms with E-state index < -0.39 is 62.3 Å². The molecule has 0 aliphatic rings. The molecule has 9 aromatic rings. The summed E-state index contributed by atoms with van der Waals surface area (Å²) in [4.78, 5) is 0. The van der Waals surface area contributed by atoms with Crippen molar-refractivity contribution in [3.8, 4) is 17.2 Å². The van der Waals surface area contributed by atoms with Crippen molar-refractivity contribution < 1.29 is 57.7 Å². The number of rotatable bonds is 16. The predicted octanol–water partition coefficient (Wildman–Crippen LogP) is 13.3. The SMILES string of the molecule is Fc1ccccc1OP(OB(Oc1cc(C(F)(F)F)cc(C(F)(F)F)c1)OP(Oc1ccccc1F)(c1ccccc1)(c1ccccc1)c1ccccc1)(c1ccccc1)(c1ccccc1)c1ccccc1. The molecule has 0 saturated heterocycles. The van der Waals surface area contributed by atoms with E-state index in [1.165, 1.54) is 36.4 Å². The first-order valence-electron chi connectivity index (χ1n) is 22.3. The van der Waals surface area contributed by atoms with Crippen LogP contribution < -0.4 is 45.5 Å². The van der Waals surface area contributed by atoms with Crippen molar-refractivity contribution in [2.24, 2.45) is 0 Å². The Morgan fingerprint density at radius 1 is 0.319 bits per heavy atom. The van der Waals surface area contributed by atoms with Crippen LogP contribution in [0, 0.1) is 11.6 Å². The molecule has 0 N–H and O–H groups in total. The molecule has 0 amide bonds. The van der Waals surface area contributed by atoms with Crippen LogP contribution in [0.3, 0.4) is 0 Å². The second kappa shape index (κ2) is 19.7. The average Bonchev–Trinajstić information content (AvgIpc) is 3.40. The Hall–Kier alpha value is -7.34. The number of alkyl halides is 6. The van der Waals surface area contributed by atoms with Gasteiger partial charge in [0.15, 0.2) is 0 Å². The Morgan fingerprint density at radius 3 is 0.819 bits per heavy atom. The molecule has 0 aliphatic carbocycles. The summed E-state index contributed by atoms with van der Waals surface area (Å²) in [5, 5.41) is 1.31. The minimum atomic E-state index is -5.71. The van der Waals surface area contributed by atoms with Crippen molar-refractivity contribution in [2.75, 3.05) is 0 Å². The molecule has 0 fully saturated rings. The van der Waals surface area contributed by atoms with Crippen molar-refractivity contribution in [3.05, 3.63) is 271 Å². The van der Waals surface area contributed by atoms with Gasteiger partial charge in [-0.05, 0) is 0 Å². The standard InChI is InChI=1S/C56H41BF8O5P2/c58-51-35-19-21-37-53(51)67-71(45-23-7-1-8-24-45,46-25-9-2-10-26-46,47-27-11-3-12-28-47)69-57(66-44-40-42(55(60,61)62)39-43(41-44)56(63,64)65)70-72(48-29-13-4-14-30-48,49-31-15-5-16-32-49,50-33-17-6-18-34-50)68-54-38-22-20-36-52(54)59/h1-41H. The fourth-order valence-corrected chi connectivity index (χ4v) is 18.2. The van der Waals surface area contributed by atoms with E-state index in [0.717, 1.165) is 12.1 Å². The van der Waals surface area contributed by atoms with Crippen LogP contribution >= 0.6 is 14.1 Å². The van der Waals surface area contributed by atoms with Gasteiger partial charge in [-0.15, -0.1) is 0 Å². The first kappa shape index (κ1) is 49.6. The molecule has 9 rings (SSSR count). The number of hydrogen-bond donors (Lipinski definition) is 0. The molecular weight excluding hydrogens is 977 g/mol. The maximum absolute atomic E-state index is 16.6. The quantitative estimate of drug-likeness (QED) is 0.0548. The second-order valence-corrected chi connectivity index (χ2v) is 24.0. The third kappa shape index (κ3) is 9.01. The molecule has 0 spiro atoms. The normalized spacial score (nSPS) is 13.2. The molecule has 16 heteroatoms. The summed E-state index contributed by atoms with van der Waals surface area (Å²) < 4.78 is 159. The van der Waals surface area contributed by atoms with Gasteiger partial charge < -0.3 is 0 Å². The van der Waals surface area contributed by atoms with Gasteiger partial charge >= 0.3 is 412 Å². The van der Waals surface area contributed by atoms with E-state index >= 15 is 8.78 Å². The molecule has 72 heavy (non-hydrogen) atoms. The van der Waals surface area contributed by atoms with Crippen molar-refractivity contribution in [1.82, 2.24) is 0 Å². The van der Waals surface area contributed by atoms with Crippen molar-refractivity contribution in [2.45, 2.75) is 12.4 Å². The zero-order chi connectivity index (χ0) is 50.5. The fraction of sp³-hybridized carbons (Fsp3) is 0.0357. The molecule has 364 valence electrons. The molecule has 0 aliphatic heterocycles. The first-order valence-corrected chi connectivity index (χ1v) is 26.4. The van der Waals surface area contributed by atoms with Gasteiger partial charge in [0.05, 0.1) is 0 Å². The minimum absolute atomic E-state index is 0.0397. The fourth-order valence-electron chi connectivity index (χ4n) is 8.72. The number of para-hydroxylation sites is 2. The molecule has 0 atom stereocenters. The summed E-state index contributed by atoms with van der Waals surface area (Å²) in [5.74, 6) is -3.46. The summed E-state index contributed by atoms with van der Waals surface area (Å²) in [6.07, 6.45) is -10.7. The maximum atomic E-state index is 16.6. The Morgan fingerprint density at radius 2 is 0.569 bits per heavy atom. The van der Waals surface area contributed by atoms with Gasteiger partial charge in [0.2, 0.25) is 0 Å². The molecule has 0 radical (unpaired) electrons. The molecule has 9 aromatic carbocycles. The van der Waals surface area contributed by atoms with E-state index in [1.807, 2.05) is 0 Å². The molecule has 0 unspecified atom stereocenters. The Bertz CT molecular complexity index is 2860. The van der Waals surface area contributed by atoms with Crippen LogP contribution in [0.2, 0.25) is 0 Å². The van der Waals surface area contributed by atoms with Crippen LogP contribution in [0.25, 0.3) is 0 Å². The number of hydrogen-bond acceptors (Lipinski definition) is 5. The summed E-state index contributed by atoms with van der Waals surface area (Å²) in [6, 6.07) is 61.5. The van der Waals surface area contributed by atoms with E-state index in [2.05, 4.69) is 0 Å². The Balaban J connectivity index is 1.49. The number of benzene rings is 9. The summed E-state index contributed by atoms with van der Waals surface area (Å²) in [6.45, 7) is 0. The molecule has 0 bridgehead atoms. The monoisotopic (exact) mass is 1020 g/mol. The van der Waals surface area contributed by atoms with E-state index in [0.29, 0.717) is 12.1 Å². The Labute approximate surface area is 410 Å². The average molecular weight is 1020 g/mol. The van der Waals surface area contributed by atoms with E-state index in [1.54, 1.807) is 182 Å². The van der Waals surface area contributed by atoms with Crippen LogP contribution in [-0.4, -0.2) is 7.32 Å². The van der Waals surface area contributed by atoms with Crippen LogP contribution in [-0.2, 0) is 21.2 Å². The van der Waals surface area contributed by atoms with Gasteiger partial charge in [-0.25, -0.2) is 0 Å². The van der Waals surface area contributed by atoms with Gasteiger partial charge in [-0.3, -0.25) is 0 Å². The van der Waals surface area contributed by atoms with Crippen LogP contribution in [0.1, 0.15) is 11.1 Å². The van der Waals surface area contributed by atoms with E-state index in [4.69, 9.17) is 22.6 Å². The van der Waals surface area contributed by atoms with Gasteiger partial charge in [-0.2, -0.15) is 0 Å². The van der Waals surface area contributed by atoms with Crippen molar-refractivity contribution >= 4 is 53.3 Å². The van der Waals surface area contributed by atoms with Crippen molar-refractivity contribution in [3.63, 3.8) is 0 Å². The molecular formula is C56H41BF8O5P2. The van der Waals surface area contributed by atoms with Crippen LogP contribution in [0.4, 0.5) is 35.1 Å². The zero-order valence-corrected chi connectivity index (χ0v) is 39.5. The molecule has 0 saturated carbocycles. The second-order valence-electron chi connectivity index (χ2n) is 16.3.